The minimum absolute atomic E-state index is 0.0195. The molecular weight excluding hydrogens is 250 g/mol. The van der Waals surface area contributed by atoms with Gasteiger partial charge in [-0.15, -0.1) is 0 Å². The minimum Gasteiger partial charge on any atom is -0.435 e. The third-order valence-corrected chi connectivity index (χ3v) is 3.85. The lowest BCUT2D eigenvalue weighted by molar-refractivity contribution is -0.125. The Morgan fingerprint density at radius 1 is 1.25 bits per heavy atom. The summed E-state index contributed by atoms with van der Waals surface area (Å²) in [6, 6.07) is 5.60. The maximum Gasteiger partial charge on any atom is 0.219 e. The molecule has 1 unspecified atom stereocenters. The van der Waals surface area contributed by atoms with Crippen LogP contribution in [0.1, 0.15) is 46.2 Å². The molecule has 0 bridgehead atoms. The summed E-state index contributed by atoms with van der Waals surface area (Å²) in [5, 5.41) is 0. The molecule has 0 aliphatic heterocycles. The van der Waals surface area contributed by atoms with E-state index >= 15 is 0 Å². The van der Waals surface area contributed by atoms with E-state index in [1.807, 2.05) is 26.0 Å². The van der Waals surface area contributed by atoms with Gasteiger partial charge in [-0.1, -0.05) is 26.8 Å². The van der Waals surface area contributed by atoms with Crippen molar-refractivity contribution in [3.8, 4) is 5.88 Å². The lowest BCUT2D eigenvalue weighted by Gasteiger charge is -2.33. The molecule has 0 spiro atoms. The molecule has 1 heterocycles. The second-order valence-electron chi connectivity index (χ2n) is 6.65. The average molecular weight is 273 g/mol. The Hall–Kier alpha value is -1.64. The highest BCUT2D eigenvalue weighted by Crippen LogP contribution is 2.38. The molecular formula is C17H23NO2. The van der Waals surface area contributed by atoms with Gasteiger partial charge in [-0.25, -0.2) is 4.98 Å². The zero-order valence-corrected chi connectivity index (χ0v) is 13.0. The Morgan fingerprint density at radius 3 is 2.55 bits per heavy atom. The number of nitrogens with zero attached hydrogens (tertiary/aromatic N) is 1. The van der Waals surface area contributed by atoms with Crippen LogP contribution in [0.2, 0.25) is 0 Å². The summed E-state index contributed by atoms with van der Waals surface area (Å²) in [6.07, 6.45) is 1.82. The van der Waals surface area contributed by atoms with Crippen LogP contribution in [-0.4, -0.2) is 10.8 Å². The number of rotatable bonds is 2. The van der Waals surface area contributed by atoms with Crippen molar-refractivity contribution in [2.75, 3.05) is 0 Å². The molecule has 0 saturated heterocycles. The lowest BCUT2D eigenvalue weighted by Crippen LogP contribution is -2.34. The van der Waals surface area contributed by atoms with Crippen LogP contribution in [0.3, 0.4) is 0 Å². The van der Waals surface area contributed by atoms with Gasteiger partial charge in [-0.05, 0) is 43.7 Å². The molecule has 20 heavy (non-hydrogen) atoms. The molecule has 1 atom stereocenters. The number of ether oxygens (including phenoxy) is 1. The van der Waals surface area contributed by atoms with E-state index in [2.05, 4.69) is 25.8 Å². The van der Waals surface area contributed by atoms with Crippen LogP contribution >= 0.6 is 0 Å². The summed E-state index contributed by atoms with van der Waals surface area (Å²) >= 11 is 0. The van der Waals surface area contributed by atoms with Crippen LogP contribution in [0.25, 0.3) is 0 Å². The predicted octanol–water partition coefficient (Wildman–Crippen LogP) is 4.07. The molecule has 0 saturated carbocycles. The first kappa shape index (κ1) is 14.8. The molecule has 0 radical (unpaired) electrons. The number of hydrogen-bond donors (Lipinski definition) is 0. The number of pyridine rings is 1. The monoisotopic (exact) mass is 273 g/mol. The van der Waals surface area contributed by atoms with Crippen molar-refractivity contribution in [3.63, 3.8) is 0 Å². The summed E-state index contributed by atoms with van der Waals surface area (Å²) < 4.78 is 5.81. The molecule has 0 amide bonds. The molecule has 1 aromatic heterocycles. The highest BCUT2D eigenvalue weighted by atomic mass is 16.5. The molecule has 3 heteroatoms. The van der Waals surface area contributed by atoms with Crippen LogP contribution in [0.4, 0.5) is 0 Å². The summed E-state index contributed by atoms with van der Waals surface area (Å²) in [6.45, 7) is 10.2. The number of carbonyl (C=O) groups is 1. The normalized spacial score (nSPS) is 20.2. The SMILES string of the molecule is CC1=C(Oc2cccc(C)n2)C(=O)C(C(C)(C)C)CC1. The highest BCUT2D eigenvalue weighted by molar-refractivity contribution is 5.97. The van der Waals surface area contributed by atoms with Gasteiger partial charge in [0.25, 0.3) is 0 Å². The molecule has 0 fully saturated rings. The van der Waals surface area contributed by atoms with E-state index in [0.717, 1.165) is 24.1 Å². The summed E-state index contributed by atoms with van der Waals surface area (Å²) in [4.78, 5) is 17.0. The second-order valence-corrected chi connectivity index (χ2v) is 6.65. The van der Waals surface area contributed by atoms with Crippen LogP contribution in [0, 0.1) is 18.3 Å². The fraction of sp³-hybridized carbons (Fsp3) is 0.529. The quantitative estimate of drug-likeness (QED) is 0.815. The fourth-order valence-electron chi connectivity index (χ4n) is 2.62. The number of carbonyl (C=O) groups excluding carboxylic acids is 1. The molecule has 1 aromatic rings. The van der Waals surface area contributed by atoms with Gasteiger partial charge < -0.3 is 4.74 Å². The van der Waals surface area contributed by atoms with Crippen molar-refractivity contribution >= 4 is 5.78 Å². The first-order valence-electron chi connectivity index (χ1n) is 7.14. The topological polar surface area (TPSA) is 39.2 Å². The van der Waals surface area contributed by atoms with Gasteiger partial charge >= 0.3 is 0 Å². The Labute approximate surface area is 121 Å². The Balaban J connectivity index is 2.27. The number of aryl methyl sites for hydroxylation is 1. The number of allylic oxidation sites excluding steroid dienone is 2. The van der Waals surface area contributed by atoms with Crippen LogP contribution in [0.15, 0.2) is 29.5 Å². The average Bonchev–Trinajstić information content (AvgIpc) is 2.33. The Kier molecular flexibility index (Phi) is 3.98. The van der Waals surface area contributed by atoms with E-state index < -0.39 is 0 Å². The summed E-state index contributed by atoms with van der Waals surface area (Å²) in [7, 11) is 0. The lowest BCUT2D eigenvalue weighted by atomic mass is 9.72. The maximum atomic E-state index is 12.7. The molecule has 1 aliphatic rings. The molecule has 108 valence electrons. The van der Waals surface area contributed by atoms with Gasteiger partial charge in [0.1, 0.15) is 0 Å². The van der Waals surface area contributed by atoms with Crippen molar-refractivity contribution in [1.29, 1.82) is 0 Å². The Morgan fingerprint density at radius 2 is 1.95 bits per heavy atom. The van der Waals surface area contributed by atoms with Crippen LogP contribution < -0.4 is 4.74 Å². The van der Waals surface area contributed by atoms with Crippen molar-refractivity contribution in [2.24, 2.45) is 11.3 Å². The van der Waals surface area contributed by atoms with Crippen molar-refractivity contribution in [3.05, 3.63) is 35.2 Å². The van der Waals surface area contributed by atoms with E-state index in [9.17, 15) is 4.79 Å². The molecule has 2 rings (SSSR count). The molecule has 1 aliphatic carbocycles. The standard InChI is InChI=1S/C17H23NO2/c1-11-9-10-13(17(3,4)5)15(19)16(11)20-14-8-6-7-12(2)18-14/h6-8,13H,9-10H2,1-5H3. The zero-order chi connectivity index (χ0) is 14.9. The molecule has 3 nitrogen and oxygen atoms in total. The number of hydrogen-bond acceptors (Lipinski definition) is 3. The molecule has 0 N–H and O–H groups in total. The predicted molar refractivity (Wildman–Crippen MR) is 79.5 cm³/mol. The van der Waals surface area contributed by atoms with E-state index in [1.54, 1.807) is 6.07 Å². The third kappa shape index (κ3) is 3.09. The largest absolute Gasteiger partial charge is 0.435 e. The highest BCUT2D eigenvalue weighted by Gasteiger charge is 2.37. The second kappa shape index (κ2) is 5.39. The summed E-state index contributed by atoms with van der Waals surface area (Å²) in [5.41, 5.74) is 1.88. The smallest absolute Gasteiger partial charge is 0.219 e. The van der Waals surface area contributed by atoms with Gasteiger partial charge in [0.2, 0.25) is 11.7 Å². The minimum atomic E-state index is -0.0353. The van der Waals surface area contributed by atoms with Crippen molar-refractivity contribution < 1.29 is 9.53 Å². The first-order chi connectivity index (χ1) is 9.29. The Bertz CT molecular complexity index is 552. The van der Waals surface area contributed by atoms with E-state index in [4.69, 9.17) is 4.74 Å². The van der Waals surface area contributed by atoms with E-state index in [1.165, 1.54) is 0 Å². The summed E-state index contributed by atoms with van der Waals surface area (Å²) in [5.74, 6) is 1.13. The van der Waals surface area contributed by atoms with Gasteiger partial charge in [0, 0.05) is 17.7 Å². The molecule has 0 aromatic carbocycles. The number of ketones is 1. The van der Waals surface area contributed by atoms with Crippen molar-refractivity contribution in [2.45, 2.75) is 47.5 Å². The van der Waals surface area contributed by atoms with Gasteiger partial charge in [0.15, 0.2) is 5.76 Å². The zero-order valence-electron chi connectivity index (χ0n) is 13.0. The maximum absolute atomic E-state index is 12.7. The fourth-order valence-corrected chi connectivity index (χ4v) is 2.62. The number of aromatic nitrogens is 1. The van der Waals surface area contributed by atoms with E-state index in [-0.39, 0.29) is 17.1 Å². The van der Waals surface area contributed by atoms with Gasteiger partial charge in [-0.3, -0.25) is 4.79 Å². The first-order valence-corrected chi connectivity index (χ1v) is 7.14. The van der Waals surface area contributed by atoms with Gasteiger partial charge in [-0.2, -0.15) is 0 Å². The van der Waals surface area contributed by atoms with E-state index in [0.29, 0.717) is 11.6 Å². The van der Waals surface area contributed by atoms with Gasteiger partial charge in [0.05, 0.1) is 0 Å². The third-order valence-electron chi connectivity index (χ3n) is 3.85. The van der Waals surface area contributed by atoms with Crippen molar-refractivity contribution in [1.82, 2.24) is 4.98 Å². The van der Waals surface area contributed by atoms with Crippen LogP contribution in [-0.2, 0) is 4.79 Å². The van der Waals surface area contributed by atoms with Crippen LogP contribution in [0.5, 0.6) is 5.88 Å². The number of Topliss-reactive ketones (excluding diaryl/α,β-unsaturated/α-hetero) is 1.